The maximum Gasteiger partial charge on any atom is 0.335 e. The molecule has 5 heteroatoms. The van der Waals surface area contributed by atoms with E-state index in [1.165, 1.54) is 0 Å². The fourth-order valence-corrected chi connectivity index (χ4v) is 1.93. The van der Waals surface area contributed by atoms with Crippen molar-refractivity contribution in [3.05, 3.63) is 34.4 Å². The largest absolute Gasteiger partial charge is 0.481 e. The first kappa shape index (κ1) is 14.2. The molecule has 0 spiro atoms. The highest BCUT2D eigenvalue weighted by molar-refractivity contribution is 5.89. The highest BCUT2D eigenvalue weighted by Gasteiger charge is 2.15. The van der Waals surface area contributed by atoms with Crippen LogP contribution in [0.2, 0.25) is 0 Å². The van der Waals surface area contributed by atoms with Gasteiger partial charge in [-0.15, -0.1) is 0 Å². The molecule has 0 heterocycles. The molecule has 1 atom stereocenters. The number of hydrogen-bond donors (Lipinski definition) is 3. The monoisotopic (exact) mass is 251 g/mol. The molecule has 0 aliphatic heterocycles. The minimum absolute atomic E-state index is 0.0309. The molecule has 5 nitrogen and oxygen atoms in total. The van der Waals surface area contributed by atoms with Crippen LogP contribution in [0.1, 0.15) is 45.9 Å². The second kappa shape index (κ2) is 5.64. The molecule has 0 aliphatic carbocycles. The van der Waals surface area contributed by atoms with E-state index in [1.807, 2.05) is 6.92 Å². The summed E-state index contributed by atoms with van der Waals surface area (Å²) in [5, 5.41) is 17.7. The number of hydrogen-bond acceptors (Lipinski definition) is 3. The topological polar surface area (TPSA) is 101 Å². The average molecular weight is 251 g/mol. The first-order chi connectivity index (χ1) is 8.32. The number of aryl methyl sites for hydroxylation is 2. The van der Waals surface area contributed by atoms with Crippen LogP contribution < -0.4 is 5.73 Å². The number of rotatable bonds is 5. The van der Waals surface area contributed by atoms with E-state index in [-0.39, 0.29) is 18.4 Å². The highest BCUT2D eigenvalue weighted by Crippen LogP contribution is 2.23. The van der Waals surface area contributed by atoms with Crippen molar-refractivity contribution in [1.29, 1.82) is 0 Å². The van der Waals surface area contributed by atoms with Crippen molar-refractivity contribution < 1.29 is 19.8 Å². The number of carboxylic acids is 2. The summed E-state index contributed by atoms with van der Waals surface area (Å²) in [6, 6.07) is 2.85. The van der Waals surface area contributed by atoms with E-state index in [0.717, 1.165) is 5.56 Å². The van der Waals surface area contributed by atoms with Gasteiger partial charge < -0.3 is 15.9 Å². The van der Waals surface area contributed by atoms with Crippen LogP contribution in [0.5, 0.6) is 0 Å². The SMILES string of the molecule is Cc1cc(C)c(C(N)CCC(=O)O)cc1C(=O)O. The van der Waals surface area contributed by atoms with Crippen molar-refractivity contribution in [2.45, 2.75) is 32.7 Å². The van der Waals surface area contributed by atoms with Gasteiger partial charge >= 0.3 is 11.9 Å². The van der Waals surface area contributed by atoms with Gasteiger partial charge in [0.15, 0.2) is 0 Å². The fourth-order valence-electron chi connectivity index (χ4n) is 1.93. The van der Waals surface area contributed by atoms with E-state index in [1.54, 1.807) is 19.1 Å². The molecule has 0 fully saturated rings. The zero-order chi connectivity index (χ0) is 13.9. The minimum Gasteiger partial charge on any atom is -0.481 e. The Morgan fingerprint density at radius 3 is 2.33 bits per heavy atom. The lowest BCUT2D eigenvalue weighted by Gasteiger charge is -2.16. The van der Waals surface area contributed by atoms with Crippen LogP contribution in [0.4, 0.5) is 0 Å². The zero-order valence-electron chi connectivity index (χ0n) is 10.4. The van der Waals surface area contributed by atoms with Gasteiger partial charge in [0.05, 0.1) is 5.56 Å². The highest BCUT2D eigenvalue weighted by atomic mass is 16.4. The van der Waals surface area contributed by atoms with Gasteiger partial charge in [-0.2, -0.15) is 0 Å². The third-order valence-electron chi connectivity index (χ3n) is 2.91. The third kappa shape index (κ3) is 3.30. The molecule has 98 valence electrons. The lowest BCUT2D eigenvalue weighted by molar-refractivity contribution is -0.137. The maximum atomic E-state index is 11.0. The summed E-state index contributed by atoms with van der Waals surface area (Å²) in [5.74, 6) is -1.91. The number of carboxylic acid groups (broad SMARTS) is 2. The normalized spacial score (nSPS) is 12.2. The van der Waals surface area contributed by atoms with Gasteiger partial charge in [-0.25, -0.2) is 4.79 Å². The van der Waals surface area contributed by atoms with Gasteiger partial charge in [0, 0.05) is 12.5 Å². The van der Waals surface area contributed by atoms with Crippen LogP contribution in [0.25, 0.3) is 0 Å². The Morgan fingerprint density at radius 1 is 1.22 bits per heavy atom. The zero-order valence-corrected chi connectivity index (χ0v) is 10.4. The summed E-state index contributed by atoms with van der Waals surface area (Å²) in [4.78, 5) is 21.5. The van der Waals surface area contributed by atoms with Crippen molar-refractivity contribution >= 4 is 11.9 Å². The number of benzene rings is 1. The van der Waals surface area contributed by atoms with E-state index in [9.17, 15) is 9.59 Å². The predicted octanol–water partition coefficient (Wildman–Crippen LogP) is 1.87. The minimum atomic E-state index is -1.00. The summed E-state index contributed by atoms with van der Waals surface area (Å²) in [6.07, 6.45) is 0.259. The summed E-state index contributed by atoms with van der Waals surface area (Å²) < 4.78 is 0. The lowest BCUT2D eigenvalue weighted by atomic mass is 9.93. The quantitative estimate of drug-likeness (QED) is 0.741. The fraction of sp³-hybridized carbons (Fsp3) is 0.385. The van der Waals surface area contributed by atoms with E-state index < -0.39 is 18.0 Å². The van der Waals surface area contributed by atoms with E-state index >= 15 is 0 Å². The molecule has 0 aliphatic rings. The van der Waals surface area contributed by atoms with Crippen LogP contribution in [-0.4, -0.2) is 22.2 Å². The van der Waals surface area contributed by atoms with Gasteiger partial charge in [-0.1, -0.05) is 6.07 Å². The second-order valence-corrected chi connectivity index (χ2v) is 4.37. The summed E-state index contributed by atoms with van der Waals surface area (Å²) in [6.45, 7) is 3.57. The Kier molecular flexibility index (Phi) is 4.44. The Bertz CT molecular complexity index is 482. The number of aromatic carboxylic acids is 1. The van der Waals surface area contributed by atoms with Gasteiger partial charge in [0.25, 0.3) is 0 Å². The molecule has 1 aromatic rings. The first-order valence-electron chi connectivity index (χ1n) is 5.64. The van der Waals surface area contributed by atoms with Gasteiger partial charge in [0.1, 0.15) is 0 Å². The number of carbonyl (C=O) groups is 2. The van der Waals surface area contributed by atoms with Crippen LogP contribution in [0.3, 0.4) is 0 Å². The van der Waals surface area contributed by atoms with Crippen LogP contribution in [0, 0.1) is 13.8 Å². The molecule has 0 radical (unpaired) electrons. The molecule has 1 aromatic carbocycles. The molecule has 0 saturated heterocycles. The van der Waals surface area contributed by atoms with Crippen LogP contribution in [-0.2, 0) is 4.79 Å². The molecule has 18 heavy (non-hydrogen) atoms. The van der Waals surface area contributed by atoms with Gasteiger partial charge in [0.2, 0.25) is 0 Å². The molecule has 0 saturated carbocycles. The Hall–Kier alpha value is -1.88. The predicted molar refractivity (Wildman–Crippen MR) is 66.7 cm³/mol. The summed E-state index contributed by atoms with van der Waals surface area (Å²) in [5.41, 5.74) is 8.37. The van der Waals surface area contributed by atoms with E-state index in [2.05, 4.69) is 0 Å². The number of aliphatic carboxylic acids is 1. The molecule has 0 amide bonds. The van der Waals surface area contributed by atoms with Crippen molar-refractivity contribution in [2.75, 3.05) is 0 Å². The van der Waals surface area contributed by atoms with E-state index in [0.29, 0.717) is 11.1 Å². The standard InChI is InChI=1S/C13H17NO4/c1-7-5-8(2)10(13(17)18)6-9(7)11(14)3-4-12(15)16/h5-6,11H,3-4,14H2,1-2H3,(H,15,16)(H,17,18). The smallest absolute Gasteiger partial charge is 0.335 e. The van der Waals surface area contributed by atoms with Crippen molar-refractivity contribution in [3.8, 4) is 0 Å². The molecule has 1 rings (SSSR count). The number of nitrogens with two attached hydrogens (primary N) is 1. The Balaban J connectivity index is 3.04. The molecule has 1 unspecified atom stereocenters. The van der Waals surface area contributed by atoms with Crippen molar-refractivity contribution in [3.63, 3.8) is 0 Å². The van der Waals surface area contributed by atoms with Crippen molar-refractivity contribution in [1.82, 2.24) is 0 Å². The third-order valence-corrected chi connectivity index (χ3v) is 2.91. The van der Waals surface area contributed by atoms with Crippen LogP contribution in [0.15, 0.2) is 12.1 Å². The first-order valence-corrected chi connectivity index (χ1v) is 5.64. The van der Waals surface area contributed by atoms with E-state index in [4.69, 9.17) is 15.9 Å². The van der Waals surface area contributed by atoms with Gasteiger partial charge in [-0.05, 0) is 43.0 Å². The Labute approximate surface area is 105 Å². The molecule has 0 aromatic heterocycles. The summed E-state index contributed by atoms with van der Waals surface area (Å²) in [7, 11) is 0. The molecule has 4 N–H and O–H groups in total. The molecular weight excluding hydrogens is 234 g/mol. The molecular formula is C13H17NO4. The van der Waals surface area contributed by atoms with Gasteiger partial charge in [-0.3, -0.25) is 4.79 Å². The lowest BCUT2D eigenvalue weighted by Crippen LogP contribution is -2.15. The molecule has 0 bridgehead atoms. The second-order valence-electron chi connectivity index (χ2n) is 4.37. The van der Waals surface area contributed by atoms with Crippen LogP contribution >= 0.6 is 0 Å². The maximum absolute atomic E-state index is 11.0. The summed E-state index contributed by atoms with van der Waals surface area (Å²) >= 11 is 0. The van der Waals surface area contributed by atoms with Crippen molar-refractivity contribution in [2.24, 2.45) is 5.73 Å². The average Bonchev–Trinajstić information content (AvgIpc) is 2.25. The Morgan fingerprint density at radius 2 is 1.83 bits per heavy atom.